The van der Waals surface area contributed by atoms with Gasteiger partial charge in [0.05, 0.1) is 4.32 Å². The summed E-state index contributed by atoms with van der Waals surface area (Å²) in [4.78, 5) is 11.6. The van der Waals surface area contributed by atoms with E-state index in [-0.39, 0.29) is 19.3 Å². The molecule has 3 heteroatoms. The average Bonchev–Trinajstić information content (AvgIpc) is 2.03. The fourth-order valence-corrected chi connectivity index (χ4v) is 1.16. The molecule has 72 valence electrons. The Morgan fingerprint density at radius 2 is 1.69 bits per heavy atom. The first-order valence-electron chi connectivity index (χ1n) is 3.80. The summed E-state index contributed by atoms with van der Waals surface area (Å²) >= 11 is 3.33. The van der Waals surface area contributed by atoms with Crippen LogP contribution in [0.1, 0.15) is 24.2 Å². The molecule has 1 aromatic carbocycles. The minimum Gasteiger partial charge on any atom is -0.293 e. The minimum absolute atomic E-state index is 0. The lowest BCUT2D eigenvalue weighted by molar-refractivity contribution is 0.0961. The summed E-state index contributed by atoms with van der Waals surface area (Å²) in [6, 6.07) is 9.28. The third-order valence-electron chi connectivity index (χ3n) is 1.58. The molecular weight excluding hydrogens is 248 g/mol. The predicted octanol–water partition coefficient (Wildman–Crippen LogP) is 3.16. The molecule has 0 unspecified atom stereocenters. The van der Waals surface area contributed by atoms with Crippen molar-refractivity contribution in [3.63, 3.8) is 0 Å². The van der Waals surface area contributed by atoms with Crippen LogP contribution in [0.25, 0.3) is 0 Å². The van der Waals surface area contributed by atoms with Gasteiger partial charge >= 0.3 is 0 Å². The zero-order valence-electron chi connectivity index (χ0n) is 7.67. The molecule has 0 aliphatic carbocycles. The van der Waals surface area contributed by atoms with Crippen molar-refractivity contribution in [1.29, 1.82) is 0 Å². The fourth-order valence-electron chi connectivity index (χ4n) is 0.933. The van der Waals surface area contributed by atoms with Crippen molar-refractivity contribution < 1.29 is 4.79 Å². The Labute approximate surface area is 94.1 Å². The number of ketones is 1. The van der Waals surface area contributed by atoms with Crippen LogP contribution in [0, 0.1) is 0 Å². The molecule has 1 aromatic rings. The Morgan fingerprint density at radius 1 is 1.23 bits per heavy atom. The van der Waals surface area contributed by atoms with Crippen molar-refractivity contribution in [3.8, 4) is 0 Å². The number of carbonyl (C=O) groups is 1. The SMILES string of the molecule is CC(C)(Br)C(=O)c1ccccc1.S. The molecular formula is C10H13BrOS. The smallest absolute Gasteiger partial charge is 0.178 e. The Hall–Kier alpha value is -0.280. The van der Waals surface area contributed by atoms with Crippen molar-refractivity contribution in [2.75, 3.05) is 0 Å². The number of Topliss-reactive ketones (excluding diaryl/α,β-unsaturated/α-hetero) is 1. The number of alkyl halides is 1. The van der Waals surface area contributed by atoms with Crippen LogP contribution in [0.5, 0.6) is 0 Å². The van der Waals surface area contributed by atoms with Crippen LogP contribution in [0.15, 0.2) is 30.3 Å². The van der Waals surface area contributed by atoms with Crippen LogP contribution < -0.4 is 0 Å². The minimum atomic E-state index is -0.464. The van der Waals surface area contributed by atoms with E-state index in [0.29, 0.717) is 0 Å². The molecule has 0 heterocycles. The summed E-state index contributed by atoms with van der Waals surface area (Å²) in [6.45, 7) is 3.70. The highest BCUT2D eigenvalue weighted by atomic mass is 79.9. The maximum Gasteiger partial charge on any atom is 0.178 e. The number of carbonyl (C=O) groups excluding carboxylic acids is 1. The molecule has 0 atom stereocenters. The van der Waals surface area contributed by atoms with E-state index in [1.165, 1.54) is 0 Å². The van der Waals surface area contributed by atoms with Crippen molar-refractivity contribution in [3.05, 3.63) is 35.9 Å². The van der Waals surface area contributed by atoms with Crippen LogP contribution in [-0.4, -0.2) is 10.1 Å². The van der Waals surface area contributed by atoms with E-state index in [1.54, 1.807) is 0 Å². The Balaban J connectivity index is 0.00000144. The van der Waals surface area contributed by atoms with Gasteiger partial charge in [-0.2, -0.15) is 13.5 Å². The molecule has 1 nitrogen and oxygen atoms in total. The lowest BCUT2D eigenvalue weighted by Gasteiger charge is -2.13. The van der Waals surface area contributed by atoms with Gasteiger partial charge < -0.3 is 0 Å². The van der Waals surface area contributed by atoms with Gasteiger partial charge in [-0.1, -0.05) is 46.3 Å². The number of rotatable bonds is 2. The summed E-state index contributed by atoms with van der Waals surface area (Å²) < 4.78 is -0.464. The fraction of sp³-hybridized carbons (Fsp3) is 0.300. The van der Waals surface area contributed by atoms with Gasteiger partial charge in [0, 0.05) is 5.56 Å². The molecule has 0 amide bonds. The summed E-state index contributed by atoms with van der Waals surface area (Å²) in [5.74, 6) is 0.114. The van der Waals surface area contributed by atoms with E-state index in [2.05, 4.69) is 15.9 Å². The van der Waals surface area contributed by atoms with Gasteiger partial charge in [-0.15, -0.1) is 0 Å². The van der Waals surface area contributed by atoms with E-state index in [9.17, 15) is 4.79 Å². The van der Waals surface area contributed by atoms with Crippen LogP contribution in [0.3, 0.4) is 0 Å². The van der Waals surface area contributed by atoms with Crippen LogP contribution in [0.4, 0.5) is 0 Å². The first-order valence-corrected chi connectivity index (χ1v) is 4.60. The lowest BCUT2D eigenvalue weighted by atomic mass is 10.0. The summed E-state index contributed by atoms with van der Waals surface area (Å²) in [5, 5.41) is 0. The van der Waals surface area contributed by atoms with Crippen LogP contribution >= 0.6 is 29.4 Å². The molecule has 0 fully saturated rings. The van der Waals surface area contributed by atoms with E-state index >= 15 is 0 Å². The number of benzene rings is 1. The predicted molar refractivity (Wildman–Crippen MR) is 64.2 cm³/mol. The van der Waals surface area contributed by atoms with Crippen LogP contribution in [0.2, 0.25) is 0 Å². The number of halogens is 1. The molecule has 0 saturated carbocycles. The molecule has 0 aromatic heterocycles. The van der Waals surface area contributed by atoms with E-state index < -0.39 is 4.32 Å². The summed E-state index contributed by atoms with van der Waals surface area (Å²) in [5.41, 5.74) is 0.749. The molecule has 0 spiro atoms. The third kappa shape index (κ3) is 3.53. The molecule has 1 rings (SSSR count). The van der Waals surface area contributed by atoms with E-state index in [0.717, 1.165) is 5.56 Å². The molecule has 0 aliphatic rings. The van der Waals surface area contributed by atoms with Gasteiger partial charge in [0.15, 0.2) is 5.78 Å². The third-order valence-corrected chi connectivity index (χ3v) is 1.94. The highest BCUT2D eigenvalue weighted by Crippen LogP contribution is 2.21. The van der Waals surface area contributed by atoms with Gasteiger partial charge in [-0.25, -0.2) is 0 Å². The Morgan fingerprint density at radius 3 is 2.08 bits per heavy atom. The van der Waals surface area contributed by atoms with Gasteiger partial charge in [0.1, 0.15) is 0 Å². The molecule has 0 bridgehead atoms. The summed E-state index contributed by atoms with van der Waals surface area (Å²) in [6.07, 6.45) is 0. The van der Waals surface area contributed by atoms with E-state index in [4.69, 9.17) is 0 Å². The monoisotopic (exact) mass is 260 g/mol. The number of hydrogen-bond donors (Lipinski definition) is 0. The van der Waals surface area contributed by atoms with Gasteiger partial charge in [-0.05, 0) is 13.8 Å². The van der Waals surface area contributed by atoms with Gasteiger partial charge in [-0.3, -0.25) is 4.79 Å². The molecule has 13 heavy (non-hydrogen) atoms. The second kappa shape index (κ2) is 4.82. The second-order valence-electron chi connectivity index (χ2n) is 3.17. The second-order valence-corrected chi connectivity index (χ2v) is 5.15. The lowest BCUT2D eigenvalue weighted by Crippen LogP contribution is -2.23. The first kappa shape index (κ1) is 12.7. The first-order chi connectivity index (χ1) is 5.52. The Bertz CT molecular complexity index is 277. The molecule has 0 saturated heterocycles. The van der Waals surface area contributed by atoms with E-state index in [1.807, 2.05) is 44.2 Å². The maximum absolute atomic E-state index is 11.6. The normalized spacial score (nSPS) is 10.4. The maximum atomic E-state index is 11.6. The number of hydrogen-bond acceptors (Lipinski definition) is 1. The quantitative estimate of drug-likeness (QED) is 0.590. The highest BCUT2D eigenvalue weighted by Gasteiger charge is 2.24. The van der Waals surface area contributed by atoms with Crippen molar-refractivity contribution >= 4 is 35.2 Å². The molecule has 0 aliphatic heterocycles. The van der Waals surface area contributed by atoms with Crippen LogP contribution in [-0.2, 0) is 0 Å². The Kier molecular flexibility index (Phi) is 4.71. The average molecular weight is 261 g/mol. The van der Waals surface area contributed by atoms with Crippen molar-refractivity contribution in [2.24, 2.45) is 0 Å². The van der Waals surface area contributed by atoms with Crippen molar-refractivity contribution in [1.82, 2.24) is 0 Å². The van der Waals surface area contributed by atoms with Crippen molar-refractivity contribution in [2.45, 2.75) is 18.2 Å². The zero-order valence-corrected chi connectivity index (χ0v) is 10.3. The molecule has 0 radical (unpaired) electrons. The van der Waals surface area contributed by atoms with Gasteiger partial charge in [0.2, 0.25) is 0 Å². The summed E-state index contributed by atoms with van der Waals surface area (Å²) in [7, 11) is 0. The highest BCUT2D eigenvalue weighted by molar-refractivity contribution is 9.10. The van der Waals surface area contributed by atoms with Gasteiger partial charge in [0.25, 0.3) is 0 Å². The standard InChI is InChI=1S/C10H11BrO.H2S/c1-10(2,11)9(12)8-6-4-3-5-7-8;/h3-7H,1-2H3;1H2. The molecule has 0 N–H and O–H groups in total. The largest absolute Gasteiger partial charge is 0.293 e. The topological polar surface area (TPSA) is 17.1 Å². The zero-order chi connectivity index (χ0) is 9.19.